The fourth-order valence-electron chi connectivity index (χ4n) is 2.76. The van der Waals surface area contributed by atoms with Crippen LogP contribution >= 0.6 is 22.6 Å². The van der Waals surface area contributed by atoms with E-state index in [0.29, 0.717) is 57.8 Å². The number of benzene rings is 2. The van der Waals surface area contributed by atoms with Crippen LogP contribution < -0.4 is 15.8 Å². The Labute approximate surface area is 195 Å². The molecule has 3 rings (SSSR count). The molecule has 1 aromatic heterocycles. The maximum Gasteiger partial charge on any atom is 0.319 e. The lowest BCUT2D eigenvalue weighted by Gasteiger charge is -2.12. The number of hydrogen-bond acceptors (Lipinski definition) is 8. The summed E-state index contributed by atoms with van der Waals surface area (Å²) in [6.45, 7) is 5.59. The SMILES string of the molecule is CCOCCOCCOCCOc1nc(Nc2cccc(I)c2)c2cc(N)ccc2n1. The molecule has 166 valence electrons. The number of anilines is 3. The van der Waals surface area contributed by atoms with Crippen molar-refractivity contribution < 1.29 is 18.9 Å². The van der Waals surface area contributed by atoms with Crippen molar-refractivity contribution >= 4 is 50.7 Å². The smallest absolute Gasteiger partial charge is 0.319 e. The van der Waals surface area contributed by atoms with Crippen LogP contribution in [0.5, 0.6) is 6.01 Å². The number of halogens is 1. The summed E-state index contributed by atoms with van der Waals surface area (Å²) in [6, 6.07) is 13.8. The maximum absolute atomic E-state index is 5.97. The largest absolute Gasteiger partial charge is 0.461 e. The molecular formula is C22H27IN4O4. The zero-order chi connectivity index (χ0) is 21.9. The molecule has 31 heavy (non-hydrogen) atoms. The second-order valence-corrected chi connectivity index (χ2v) is 7.78. The predicted octanol–water partition coefficient (Wildman–Crippen LogP) is 4.01. The highest BCUT2D eigenvalue weighted by Gasteiger charge is 2.10. The molecule has 3 N–H and O–H groups in total. The first-order chi connectivity index (χ1) is 15.2. The molecule has 0 spiro atoms. The molecule has 0 amide bonds. The normalized spacial score (nSPS) is 11.0. The topological polar surface area (TPSA) is 101 Å². The summed E-state index contributed by atoms with van der Waals surface area (Å²) in [4.78, 5) is 9.03. The Morgan fingerprint density at radius 2 is 1.65 bits per heavy atom. The van der Waals surface area contributed by atoms with E-state index in [9.17, 15) is 0 Å². The summed E-state index contributed by atoms with van der Waals surface area (Å²) in [5, 5.41) is 4.17. The van der Waals surface area contributed by atoms with Crippen LogP contribution in [0.2, 0.25) is 0 Å². The first kappa shape index (κ1) is 23.5. The number of nitrogens with zero attached hydrogens (tertiary/aromatic N) is 2. The van der Waals surface area contributed by atoms with Gasteiger partial charge in [-0.15, -0.1) is 0 Å². The number of nitrogens with two attached hydrogens (primary N) is 1. The van der Waals surface area contributed by atoms with E-state index in [1.54, 1.807) is 0 Å². The van der Waals surface area contributed by atoms with Gasteiger partial charge in [-0.3, -0.25) is 0 Å². The lowest BCUT2D eigenvalue weighted by atomic mass is 10.2. The molecule has 0 radical (unpaired) electrons. The second kappa shape index (κ2) is 12.6. The van der Waals surface area contributed by atoms with Gasteiger partial charge in [0.1, 0.15) is 12.4 Å². The van der Waals surface area contributed by atoms with Crippen molar-refractivity contribution in [2.24, 2.45) is 0 Å². The lowest BCUT2D eigenvalue weighted by Crippen LogP contribution is -2.13. The van der Waals surface area contributed by atoms with Gasteiger partial charge >= 0.3 is 6.01 Å². The third-order valence-corrected chi connectivity index (χ3v) is 4.86. The summed E-state index contributed by atoms with van der Waals surface area (Å²) in [5.74, 6) is 0.637. The Kier molecular flexibility index (Phi) is 9.53. The average molecular weight is 538 g/mol. The third kappa shape index (κ3) is 7.76. The molecule has 3 aromatic rings. The molecular weight excluding hydrogens is 511 g/mol. The highest BCUT2D eigenvalue weighted by atomic mass is 127. The van der Waals surface area contributed by atoms with Crippen molar-refractivity contribution in [3.63, 3.8) is 0 Å². The van der Waals surface area contributed by atoms with Gasteiger partial charge in [0.25, 0.3) is 0 Å². The van der Waals surface area contributed by atoms with E-state index in [1.165, 1.54) is 0 Å². The minimum Gasteiger partial charge on any atom is -0.461 e. The number of nitrogen functional groups attached to an aromatic ring is 1. The number of hydrogen-bond donors (Lipinski definition) is 2. The van der Waals surface area contributed by atoms with Gasteiger partial charge in [-0.1, -0.05) is 6.07 Å². The molecule has 0 bridgehead atoms. The molecule has 9 heteroatoms. The Bertz CT molecular complexity index is 973. The Morgan fingerprint density at radius 3 is 2.39 bits per heavy atom. The molecule has 0 aliphatic heterocycles. The summed E-state index contributed by atoms with van der Waals surface area (Å²) in [7, 11) is 0. The van der Waals surface area contributed by atoms with Crippen LogP contribution in [0.15, 0.2) is 42.5 Å². The monoisotopic (exact) mass is 538 g/mol. The Hall–Kier alpha value is -2.21. The molecule has 0 aliphatic carbocycles. The Balaban J connectivity index is 1.56. The highest BCUT2D eigenvalue weighted by molar-refractivity contribution is 14.1. The van der Waals surface area contributed by atoms with E-state index in [1.807, 2.05) is 49.4 Å². The lowest BCUT2D eigenvalue weighted by molar-refractivity contribution is 0.0109. The van der Waals surface area contributed by atoms with Crippen molar-refractivity contribution in [1.29, 1.82) is 0 Å². The number of ether oxygens (including phenoxy) is 4. The highest BCUT2D eigenvalue weighted by Crippen LogP contribution is 2.28. The van der Waals surface area contributed by atoms with Gasteiger partial charge in [0.2, 0.25) is 0 Å². The van der Waals surface area contributed by atoms with E-state index >= 15 is 0 Å². The van der Waals surface area contributed by atoms with Crippen LogP contribution in [0, 0.1) is 3.57 Å². The van der Waals surface area contributed by atoms with Gasteiger partial charge in [-0.25, -0.2) is 0 Å². The van der Waals surface area contributed by atoms with Crippen LogP contribution in [0.25, 0.3) is 10.9 Å². The molecule has 0 aliphatic rings. The summed E-state index contributed by atoms with van der Waals surface area (Å²) < 4.78 is 23.0. The fourth-order valence-corrected chi connectivity index (χ4v) is 3.31. The van der Waals surface area contributed by atoms with Crippen LogP contribution in [0.4, 0.5) is 17.2 Å². The Morgan fingerprint density at radius 1 is 0.903 bits per heavy atom. The van der Waals surface area contributed by atoms with E-state index in [2.05, 4.69) is 37.9 Å². The summed E-state index contributed by atoms with van der Waals surface area (Å²) >= 11 is 2.27. The second-order valence-electron chi connectivity index (χ2n) is 6.54. The van der Waals surface area contributed by atoms with Gasteiger partial charge in [0, 0.05) is 26.9 Å². The van der Waals surface area contributed by atoms with Gasteiger partial charge in [0.05, 0.1) is 38.6 Å². The summed E-state index contributed by atoms with van der Waals surface area (Å²) in [5.41, 5.74) is 8.29. The average Bonchev–Trinajstić information content (AvgIpc) is 2.75. The van der Waals surface area contributed by atoms with Crippen LogP contribution in [0.1, 0.15) is 6.92 Å². The quantitative estimate of drug-likeness (QED) is 0.191. The maximum atomic E-state index is 5.97. The van der Waals surface area contributed by atoms with Crippen molar-refractivity contribution in [2.75, 3.05) is 57.3 Å². The minimum atomic E-state index is 0.280. The molecule has 2 aromatic carbocycles. The van der Waals surface area contributed by atoms with Crippen LogP contribution in [-0.4, -0.2) is 56.2 Å². The molecule has 0 fully saturated rings. The predicted molar refractivity (Wildman–Crippen MR) is 130 cm³/mol. The number of nitrogens with one attached hydrogen (secondary N) is 1. The van der Waals surface area contributed by atoms with Crippen molar-refractivity contribution in [1.82, 2.24) is 9.97 Å². The van der Waals surface area contributed by atoms with Crippen LogP contribution in [0.3, 0.4) is 0 Å². The van der Waals surface area contributed by atoms with E-state index < -0.39 is 0 Å². The fraction of sp³-hybridized carbons (Fsp3) is 0.364. The van der Waals surface area contributed by atoms with Crippen molar-refractivity contribution in [3.05, 3.63) is 46.0 Å². The van der Waals surface area contributed by atoms with Gasteiger partial charge in [0.15, 0.2) is 0 Å². The van der Waals surface area contributed by atoms with Gasteiger partial charge < -0.3 is 30.0 Å². The van der Waals surface area contributed by atoms with Gasteiger partial charge in [-0.05, 0) is 65.9 Å². The van der Waals surface area contributed by atoms with E-state index in [4.69, 9.17) is 24.7 Å². The molecule has 0 saturated heterocycles. The first-order valence-electron chi connectivity index (χ1n) is 10.1. The van der Waals surface area contributed by atoms with Crippen LogP contribution in [-0.2, 0) is 14.2 Å². The number of rotatable bonds is 13. The number of fused-ring (bicyclic) bond motifs is 1. The zero-order valence-corrected chi connectivity index (χ0v) is 19.6. The number of aromatic nitrogens is 2. The first-order valence-corrected chi connectivity index (χ1v) is 11.2. The zero-order valence-electron chi connectivity index (χ0n) is 17.5. The van der Waals surface area contributed by atoms with Crippen molar-refractivity contribution in [3.8, 4) is 6.01 Å². The molecule has 8 nitrogen and oxygen atoms in total. The standard InChI is InChI=1S/C22H27IN4O4/c1-2-28-8-9-29-10-11-30-12-13-31-22-26-20-7-6-17(24)15-19(20)21(27-22)25-18-5-3-4-16(23)14-18/h3-7,14-15H,2,8-13,24H2,1H3,(H,25,26,27). The van der Waals surface area contributed by atoms with Crippen molar-refractivity contribution in [2.45, 2.75) is 6.92 Å². The van der Waals surface area contributed by atoms with E-state index in [-0.39, 0.29) is 6.01 Å². The molecule has 1 heterocycles. The minimum absolute atomic E-state index is 0.280. The summed E-state index contributed by atoms with van der Waals surface area (Å²) in [6.07, 6.45) is 0. The molecule has 0 atom stereocenters. The van der Waals surface area contributed by atoms with E-state index in [0.717, 1.165) is 20.2 Å². The molecule has 0 saturated carbocycles. The molecule has 0 unspecified atom stereocenters. The third-order valence-electron chi connectivity index (χ3n) is 4.19. The van der Waals surface area contributed by atoms with Gasteiger partial charge in [-0.2, -0.15) is 9.97 Å².